The molecule has 0 aromatic rings. The maximum Gasteiger partial charge on any atom is 0.188 e. The Morgan fingerprint density at radius 2 is 2.44 bits per heavy atom. The number of aliphatic hydroxyl groups excluding tert-OH is 1. The fraction of sp³-hybridized carbons (Fsp3) is 0.727. The Morgan fingerprint density at radius 1 is 1.75 bits per heavy atom. The van der Waals surface area contributed by atoms with Crippen molar-refractivity contribution in [1.29, 1.82) is 0 Å². The van der Waals surface area contributed by atoms with Crippen molar-refractivity contribution in [2.75, 3.05) is 11.6 Å². The summed E-state index contributed by atoms with van der Waals surface area (Å²) >= 11 is 12.5. The number of hydrogen-bond donors (Lipinski definition) is 1. The summed E-state index contributed by atoms with van der Waals surface area (Å²) in [7, 11) is 0. The van der Waals surface area contributed by atoms with Crippen molar-refractivity contribution in [3.8, 4) is 0 Å². The molecule has 0 bridgehead atoms. The maximum atomic E-state index is 10.0. The first-order valence-electron chi connectivity index (χ1n) is 5.49. The Bertz CT molecular complexity index is 281. The van der Waals surface area contributed by atoms with Crippen LogP contribution in [0.15, 0.2) is 12.0 Å². The molecule has 0 amide bonds. The van der Waals surface area contributed by atoms with Crippen LogP contribution in [-0.2, 0) is 0 Å². The van der Waals surface area contributed by atoms with Gasteiger partial charge in [0.2, 0.25) is 0 Å². The Labute approximate surface area is 112 Å². The number of unbranched alkanes of at least 4 members (excludes halogenated alkanes) is 1. The topological polar surface area (TPSA) is 23.5 Å². The molecule has 1 heterocycles. The molecule has 1 atom stereocenters. The average Bonchev–Trinajstić information content (AvgIpc) is 2.60. The van der Waals surface area contributed by atoms with E-state index in [0.717, 1.165) is 22.9 Å². The number of aliphatic hydroxyl groups is 1. The van der Waals surface area contributed by atoms with Crippen LogP contribution < -0.4 is 0 Å². The van der Waals surface area contributed by atoms with Gasteiger partial charge in [-0.25, -0.2) is 0 Å². The van der Waals surface area contributed by atoms with E-state index in [4.69, 9.17) is 23.8 Å². The van der Waals surface area contributed by atoms with E-state index < -0.39 is 0 Å². The molecule has 1 saturated heterocycles. The number of thioether (sulfide) groups is 1. The Kier molecular flexibility index (Phi) is 5.94. The van der Waals surface area contributed by atoms with Gasteiger partial charge < -0.3 is 5.11 Å². The molecule has 0 unspecified atom stereocenters. The minimum absolute atomic E-state index is 0.291. The lowest BCUT2D eigenvalue weighted by Crippen LogP contribution is -2.36. The molecule has 0 aromatic carbocycles. The van der Waals surface area contributed by atoms with Crippen LogP contribution in [-0.4, -0.2) is 32.0 Å². The highest BCUT2D eigenvalue weighted by Crippen LogP contribution is 2.31. The van der Waals surface area contributed by atoms with E-state index in [0.29, 0.717) is 23.7 Å². The lowest BCUT2D eigenvalue weighted by atomic mass is 10.1. The third-order valence-electron chi connectivity index (χ3n) is 2.59. The number of hydrogen-bond acceptors (Lipinski definition) is 3. The quantitative estimate of drug-likeness (QED) is 0.358. The van der Waals surface area contributed by atoms with E-state index in [1.165, 1.54) is 0 Å². The second-order valence-electron chi connectivity index (χ2n) is 4.15. The highest BCUT2D eigenvalue weighted by Gasteiger charge is 2.33. The molecule has 1 rings (SSSR count). The van der Waals surface area contributed by atoms with Crippen molar-refractivity contribution in [3.05, 3.63) is 12.0 Å². The average molecular weight is 280 g/mol. The molecule has 1 N–H and O–H groups in total. The second-order valence-corrected chi connectivity index (χ2v) is 6.18. The molecule has 1 aliphatic rings. The van der Waals surface area contributed by atoms with Gasteiger partial charge in [0.15, 0.2) is 5.88 Å². The Hall–Kier alpha value is 0.0700. The van der Waals surface area contributed by atoms with Gasteiger partial charge in [-0.05, 0) is 24.8 Å². The van der Waals surface area contributed by atoms with Crippen molar-refractivity contribution in [1.82, 2.24) is 4.90 Å². The summed E-state index contributed by atoms with van der Waals surface area (Å²) in [5.74, 6) is 2.36. The van der Waals surface area contributed by atoms with Gasteiger partial charge >= 0.3 is 0 Å². The zero-order chi connectivity index (χ0) is 12.1. The molecule has 0 spiro atoms. The largest absolute Gasteiger partial charge is 0.495 e. The van der Waals surface area contributed by atoms with Crippen LogP contribution in [0, 0.1) is 5.92 Å². The van der Waals surface area contributed by atoms with E-state index in [1.54, 1.807) is 11.8 Å². The summed E-state index contributed by atoms with van der Waals surface area (Å²) in [4.78, 5) is 1.87. The lowest BCUT2D eigenvalue weighted by molar-refractivity contribution is 0.218. The van der Waals surface area contributed by atoms with Gasteiger partial charge in [0.1, 0.15) is 4.32 Å². The van der Waals surface area contributed by atoms with Gasteiger partial charge in [-0.2, -0.15) is 0 Å². The van der Waals surface area contributed by atoms with Gasteiger partial charge in [-0.15, -0.1) is 11.6 Å². The minimum Gasteiger partial charge on any atom is -0.495 e. The van der Waals surface area contributed by atoms with Crippen molar-refractivity contribution < 1.29 is 5.11 Å². The highest BCUT2D eigenvalue weighted by molar-refractivity contribution is 8.23. The molecule has 5 heteroatoms. The fourth-order valence-corrected chi connectivity index (χ4v) is 3.40. The SMILES string of the molecule is CC(C)[C@@H]1CSC(=S)N1/C(O)=C/CCCCl. The summed E-state index contributed by atoms with van der Waals surface area (Å²) in [6, 6.07) is 0.310. The zero-order valence-electron chi connectivity index (χ0n) is 9.65. The normalized spacial score (nSPS) is 22.2. The molecule has 0 aliphatic carbocycles. The van der Waals surface area contributed by atoms with Gasteiger partial charge in [0.25, 0.3) is 0 Å². The predicted octanol–water partition coefficient (Wildman–Crippen LogP) is 3.76. The van der Waals surface area contributed by atoms with Crippen LogP contribution in [0.2, 0.25) is 0 Å². The predicted molar refractivity (Wildman–Crippen MR) is 76.2 cm³/mol. The third-order valence-corrected chi connectivity index (χ3v) is 4.36. The standard InChI is InChI=1S/C11H18ClNOS2/c1-8(2)9-7-16-11(15)13(9)10(14)5-3-4-6-12/h5,8-9,14H,3-4,6-7H2,1-2H3/b10-5-/t9-/m0/s1. The highest BCUT2D eigenvalue weighted by atomic mass is 35.5. The van der Waals surface area contributed by atoms with Crippen LogP contribution in [0.5, 0.6) is 0 Å². The number of rotatable bonds is 5. The third kappa shape index (κ3) is 3.54. The van der Waals surface area contributed by atoms with Crippen molar-refractivity contribution in [2.24, 2.45) is 5.92 Å². The molecule has 0 saturated carbocycles. The monoisotopic (exact) mass is 279 g/mol. The van der Waals surface area contributed by atoms with Crippen LogP contribution in [0.4, 0.5) is 0 Å². The molecule has 16 heavy (non-hydrogen) atoms. The summed E-state index contributed by atoms with van der Waals surface area (Å²) < 4.78 is 0.776. The van der Waals surface area contributed by atoms with E-state index in [9.17, 15) is 5.11 Å². The van der Waals surface area contributed by atoms with Gasteiger partial charge in [-0.1, -0.05) is 37.8 Å². The summed E-state index contributed by atoms with van der Waals surface area (Å²) in [5, 5.41) is 10.0. The zero-order valence-corrected chi connectivity index (χ0v) is 12.0. The molecular weight excluding hydrogens is 262 g/mol. The van der Waals surface area contributed by atoms with Crippen molar-refractivity contribution in [2.45, 2.75) is 32.7 Å². The first-order chi connectivity index (χ1) is 7.57. The number of halogens is 1. The van der Waals surface area contributed by atoms with Crippen molar-refractivity contribution >= 4 is 39.9 Å². The fourth-order valence-electron chi connectivity index (χ4n) is 1.60. The van der Waals surface area contributed by atoms with E-state index in [2.05, 4.69) is 13.8 Å². The molecule has 0 aromatic heterocycles. The second kappa shape index (κ2) is 6.72. The van der Waals surface area contributed by atoms with Gasteiger partial charge in [0.05, 0.1) is 6.04 Å². The minimum atomic E-state index is 0.291. The molecule has 1 fully saturated rings. The molecule has 2 nitrogen and oxygen atoms in total. The van der Waals surface area contributed by atoms with Crippen LogP contribution >= 0.6 is 35.6 Å². The molecule has 1 aliphatic heterocycles. The number of nitrogens with zero attached hydrogens (tertiary/aromatic N) is 1. The number of alkyl halides is 1. The summed E-state index contributed by atoms with van der Waals surface area (Å²) in [6.45, 7) is 4.30. The Balaban J connectivity index is 2.67. The lowest BCUT2D eigenvalue weighted by Gasteiger charge is -2.27. The smallest absolute Gasteiger partial charge is 0.188 e. The van der Waals surface area contributed by atoms with Gasteiger partial charge in [0, 0.05) is 11.6 Å². The maximum absolute atomic E-state index is 10.0. The first-order valence-corrected chi connectivity index (χ1v) is 7.41. The van der Waals surface area contributed by atoms with Crippen LogP contribution in [0.3, 0.4) is 0 Å². The van der Waals surface area contributed by atoms with E-state index >= 15 is 0 Å². The number of allylic oxidation sites excluding steroid dienone is 1. The number of thiocarbonyl (C=S) groups is 1. The molecule has 0 radical (unpaired) electrons. The molecular formula is C11H18ClNOS2. The van der Waals surface area contributed by atoms with Gasteiger partial charge in [-0.3, -0.25) is 4.90 Å². The van der Waals surface area contributed by atoms with E-state index in [-0.39, 0.29) is 0 Å². The van der Waals surface area contributed by atoms with E-state index in [1.807, 2.05) is 11.0 Å². The first kappa shape index (κ1) is 14.1. The Morgan fingerprint density at radius 3 is 3.00 bits per heavy atom. The summed E-state index contributed by atoms with van der Waals surface area (Å²) in [5.41, 5.74) is 0. The van der Waals surface area contributed by atoms with Crippen LogP contribution in [0.25, 0.3) is 0 Å². The van der Waals surface area contributed by atoms with Crippen LogP contribution in [0.1, 0.15) is 26.7 Å². The molecule has 92 valence electrons. The summed E-state index contributed by atoms with van der Waals surface area (Å²) in [6.07, 6.45) is 3.49. The van der Waals surface area contributed by atoms with Crippen molar-refractivity contribution in [3.63, 3.8) is 0 Å².